The van der Waals surface area contributed by atoms with Gasteiger partial charge in [0.15, 0.2) is 17.5 Å². The molecule has 5 heteroatoms. The van der Waals surface area contributed by atoms with E-state index in [1.807, 2.05) is 152 Å². The lowest BCUT2D eigenvalue weighted by molar-refractivity contribution is 0.668. The Bertz CT molecular complexity index is 3570. The molecule has 0 unspecified atom stereocenters. The Morgan fingerprint density at radius 2 is 0.857 bits per heavy atom. The number of fused-ring (bicyclic) bond motifs is 6. The van der Waals surface area contributed by atoms with Crippen LogP contribution in [0.5, 0.6) is 0 Å². The minimum Gasteiger partial charge on any atom is -0.456 e. The second-order valence-electron chi connectivity index (χ2n) is 13.5. The molecule has 11 aromatic rings. The molecule has 5 nitrogen and oxygen atoms in total. The van der Waals surface area contributed by atoms with Crippen LogP contribution >= 0.6 is 0 Å². The number of aromatic nitrogens is 3. The molecule has 0 saturated carbocycles. The Balaban J connectivity index is 1.12. The van der Waals surface area contributed by atoms with Crippen molar-refractivity contribution < 1.29 is 17.1 Å². The molecule has 3 heterocycles. The van der Waals surface area contributed by atoms with Crippen molar-refractivity contribution in [3.8, 4) is 67.5 Å². The van der Waals surface area contributed by atoms with Gasteiger partial charge in [0.25, 0.3) is 0 Å². The third kappa shape index (κ3) is 5.53. The van der Waals surface area contributed by atoms with Crippen LogP contribution in [0.1, 0.15) is 8.22 Å². The van der Waals surface area contributed by atoms with E-state index in [9.17, 15) is 5.48 Å². The summed E-state index contributed by atoms with van der Waals surface area (Å²) in [5.74, 6) is 0.534. The molecule has 11 rings (SSSR count). The Morgan fingerprint density at radius 3 is 1.57 bits per heavy atom. The summed E-state index contributed by atoms with van der Waals surface area (Å²) in [4.78, 5) is 14.8. The van der Waals surface area contributed by atoms with E-state index >= 15 is 0 Å². The first-order valence-corrected chi connectivity index (χ1v) is 18.2. The van der Waals surface area contributed by atoms with Crippen molar-refractivity contribution in [2.24, 2.45) is 0 Å². The number of rotatable bonds is 6. The molecule has 8 aromatic carbocycles. The van der Waals surface area contributed by atoms with Crippen LogP contribution in [0.25, 0.3) is 111 Å². The first-order chi connectivity index (χ1) is 30.2. The molecule has 0 radical (unpaired) electrons. The van der Waals surface area contributed by atoms with Gasteiger partial charge in [0.2, 0.25) is 0 Å². The highest BCUT2D eigenvalue weighted by atomic mass is 16.3. The van der Waals surface area contributed by atoms with E-state index in [2.05, 4.69) is 0 Å². The lowest BCUT2D eigenvalue weighted by atomic mass is 9.99. The Kier molecular flexibility index (Phi) is 6.10. The second-order valence-corrected chi connectivity index (χ2v) is 13.5. The van der Waals surface area contributed by atoms with Gasteiger partial charge in [0.05, 0.1) is 8.22 Å². The number of benzene rings is 8. The topological polar surface area (TPSA) is 65.0 Å². The molecule has 0 spiro atoms. The second kappa shape index (κ2) is 13.0. The van der Waals surface area contributed by atoms with Crippen LogP contribution in [0.2, 0.25) is 0 Å². The molecule has 0 aliphatic carbocycles. The molecule has 56 heavy (non-hydrogen) atoms. The monoisotopic (exact) mass is 723 g/mol. The van der Waals surface area contributed by atoms with Crippen LogP contribution in [0.4, 0.5) is 0 Å². The van der Waals surface area contributed by atoms with Crippen LogP contribution in [-0.2, 0) is 0 Å². The van der Waals surface area contributed by atoms with Crippen molar-refractivity contribution in [2.45, 2.75) is 0 Å². The number of nitrogens with zero attached hydrogens (tertiary/aromatic N) is 3. The summed E-state index contributed by atoms with van der Waals surface area (Å²) >= 11 is 0. The van der Waals surface area contributed by atoms with Crippen molar-refractivity contribution in [3.05, 3.63) is 188 Å². The van der Waals surface area contributed by atoms with Crippen LogP contribution in [-0.4, -0.2) is 15.0 Å². The molecule has 0 atom stereocenters. The van der Waals surface area contributed by atoms with Gasteiger partial charge >= 0.3 is 0 Å². The average Bonchev–Trinajstić information content (AvgIpc) is 3.92. The van der Waals surface area contributed by atoms with E-state index in [-0.39, 0.29) is 86.8 Å². The molecule has 0 fully saturated rings. The molecular formula is C51H31N3O2. The minimum atomic E-state index is -0.352. The Hall–Kier alpha value is -7.63. The van der Waals surface area contributed by atoms with Crippen molar-refractivity contribution >= 4 is 43.9 Å². The van der Waals surface area contributed by atoms with Gasteiger partial charge in [-0.1, -0.05) is 152 Å². The molecule has 0 saturated heterocycles. The maximum atomic E-state index is 9.57. The third-order valence-electron chi connectivity index (χ3n) is 10.0. The van der Waals surface area contributed by atoms with Gasteiger partial charge in [0, 0.05) is 38.2 Å². The highest BCUT2D eigenvalue weighted by Crippen LogP contribution is 2.38. The summed E-state index contributed by atoms with van der Waals surface area (Å²) in [6.07, 6.45) is 0. The van der Waals surface area contributed by atoms with Crippen molar-refractivity contribution in [3.63, 3.8) is 0 Å². The first kappa shape index (κ1) is 26.2. The normalized spacial score (nSPS) is 13.1. The summed E-state index contributed by atoms with van der Waals surface area (Å²) in [7, 11) is 0. The summed E-state index contributed by atoms with van der Waals surface area (Å²) in [5.41, 5.74) is 7.12. The van der Waals surface area contributed by atoms with Gasteiger partial charge < -0.3 is 8.83 Å². The van der Waals surface area contributed by atoms with Gasteiger partial charge in [0.1, 0.15) is 22.3 Å². The predicted octanol–water partition coefficient (Wildman–Crippen LogP) is 13.7. The Morgan fingerprint density at radius 1 is 0.321 bits per heavy atom. The van der Waals surface area contributed by atoms with Crippen LogP contribution in [0.3, 0.4) is 0 Å². The third-order valence-corrected chi connectivity index (χ3v) is 10.0. The van der Waals surface area contributed by atoms with Crippen molar-refractivity contribution in [2.75, 3.05) is 0 Å². The summed E-state index contributed by atoms with van der Waals surface area (Å²) in [5, 5.41) is 1.79. The molecule has 3 aromatic heterocycles. The van der Waals surface area contributed by atoms with Gasteiger partial charge in [-0.15, -0.1) is 0 Å². The highest BCUT2D eigenvalue weighted by Gasteiger charge is 2.19. The largest absolute Gasteiger partial charge is 0.456 e. The minimum absolute atomic E-state index is 0.0228. The quantitative estimate of drug-likeness (QED) is 0.171. The fourth-order valence-corrected chi connectivity index (χ4v) is 7.25. The lowest BCUT2D eigenvalue weighted by Crippen LogP contribution is -2.00. The zero-order valence-electron chi connectivity index (χ0n) is 35.6. The zero-order chi connectivity index (χ0) is 42.2. The van der Waals surface area contributed by atoms with E-state index < -0.39 is 0 Å². The van der Waals surface area contributed by atoms with Crippen LogP contribution in [0.15, 0.2) is 197 Å². The van der Waals surface area contributed by atoms with E-state index in [1.165, 1.54) is 0 Å². The van der Waals surface area contributed by atoms with Crippen molar-refractivity contribution in [1.29, 1.82) is 0 Å². The van der Waals surface area contributed by atoms with Gasteiger partial charge in [-0.25, -0.2) is 15.0 Å². The van der Waals surface area contributed by atoms with Gasteiger partial charge in [-0.3, -0.25) is 0 Å². The highest BCUT2D eigenvalue weighted by molar-refractivity contribution is 6.12. The van der Waals surface area contributed by atoms with E-state index in [0.29, 0.717) is 27.9 Å². The first-order valence-electron chi connectivity index (χ1n) is 21.2. The molecule has 0 amide bonds. The molecule has 0 bridgehead atoms. The number of hydrogen-bond acceptors (Lipinski definition) is 5. The SMILES string of the molecule is [2H]c1c(-c2ccc(-c3ccccc3)cc2)c([2H])c2c(oc3c([2H])c(-c4nc(-c5ccc(-c6ccccc6)cc5)nc(-c5cccc6oc7ccccc7c56)n4)c([2H])c([2H])c32)c1[2H]. The zero-order valence-corrected chi connectivity index (χ0v) is 29.6. The number of furan rings is 2. The fraction of sp³-hybridized carbons (Fsp3) is 0. The number of para-hydroxylation sites is 1. The Labute approximate surface area is 330 Å². The fourth-order valence-electron chi connectivity index (χ4n) is 7.25. The summed E-state index contributed by atoms with van der Waals surface area (Å²) < 4.78 is 68.3. The van der Waals surface area contributed by atoms with Crippen LogP contribution < -0.4 is 0 Å². The van der Waals surface area contributed by atoms with Gasteiger partial charge in [-0.2, -0.15) is 0 Å². The van der Waals surface area contributed by atoms with E-state index in [0.717, 1.165) is 33.0 Å². The van der Waals surface area contributed by atoms with Crippen molar-refractivity contribution in [1.82, 2.24) is 15.0 Å². The molecule has 0 aliphatic rings. The molecule has 0 N–H and O–H groups in total. The number of hydrogen-bond donors (Lipinski definition) is 0. The summed E-state index contributed by atoms with van der Waals surface area (Å²) in [6.45, 7) is 0. The van der Waals surface area contributed by atoms with E-state index in [4.69, 9.17) is 26.5 Å². The molecule has 262 valence electrons. The average molecular weight is 724 g/mol. The molecular weight excluding hydrogens is 687 g/mol. The maximum Gasteiger partial charge on any atom is 0.164 e. The van der Waals surface area contributed by atoms with Gasteiger partial charge in [-0.05, 0) is 69.7 Å². The standard InChI is InChI=1S/C51H31N3O2/c1-3-10-32(11-4-1)34-18-20-36(21-19-34)38-27-29-45-43(30-38)40-28-26-39(31-47(40)56-45)50-52-49(37-24-22-35(23-25-37)33-12-5-2-6-13-33)53-51(54-50)42-15-9-17-46-48(42)41-14-7-8-16-44(41)55-46/h1-31H/i26D,27D,28D,29D,30D,31D. The van der Waals surface area contributed by atoms with E-state index in [1.54, 1.807) is 0 Å². The predicted molar refractivity (Wildman–Crippen MR) is 227 cm³/mol. The lowest BCUT2D eigenvalue weighted by Gasteiger charge is -2.10. The smallest absolute Gasteiger partial charge is 0.164 e. The van der Waals surface area contributed by atoms with Crippen LogP contribution in [0, 0.1) is 0 Å². The summed E-state index contributed by atoms with van der Waals surface area (Å²) in [6, 6.07) is 46.8. The maximum absolute atomic E-state index is 9.57. The molecule has 0 aliphatic heterocycles.